The predicted octanol–water partition coefficient (Wildman–Crippen LogP) is 22.2. The summed E-state index contributed by atoms with van der Waals surface area (Å²) in [6.45, 7) is 33.0. The lowest BCUT2D eigenvalue weighted by Crippen LogP contribution is -2.20. The number of hydrogen-bond acceptors (Lipinski definition) is 7. The maximum Gasteiger partial charge on any atom is 0.154 e. The molecule has 15 rings (SSSR count). The van der Waals surface area contributed by atoms with Crippen molar-refractivity contribution >= 4 is 79.1 Å². The third-order valence-corrected chi connectivity index (χ3v) is 21.4. The van der Waals surface area contributed by atoms with Gasteiger partial charge in [-0.15, -0.1) is 0 Å². The largest absolute Gasteiger partial charge is 0.453 e. The van der Waals surface area contributed by atoms with Gasteiger partial charge in [0, 0.05) is 84.3 Å². The second-order valence-corrected chi connectivity index (χ2v) is 26.2. The molecule has 452 valence electrons. The average molecular weight is 1190 g/mol. The Hall–Kier alpha value is -8.78. The molecule has 5 heterocycles. The van der Waals surface area contributed by atoms with Crippen molar-refractivity contribution in [2.24, 2.45) is 0 Å². The van der Waals surface area contributed by atoms with Gasteiger partial charge in [0.15, 0.2) is 11.5 Å². The highest BCUT2D eigenvalue weighted by Gasteiger charge is 2.27. The minimum Gasteiger partial charge on any atom is -0.453 e. The molecule has 0 radical (unpaired) electrons. The minimum absolute atomic E-state index is 0.929. The van der Waals surface area contributed by atoms with Gasteiger partial charge in [-0.05, 0) is 288 Å². The monoisotopic (exact) mass is 1190 g/mol. The highest BCUT2D eigenvalue weighted by Crippen LogP contribution is 2.51. The summed E-state index contributed by atoms with van der Waals surface area (Å²) in [5.41, 5.74) is 38.9. The smallest absolute Gasteiger partial charge is 0.154 e. The summed E-state index contributed by atoms with van der Waals surface area (Å²) >= 11 is 1.89. The van der Waals surface area contributed by atoms with Crippen LogP contribution in [0.1, 0.15) is 106 Å². The van der Waals surface area contributed by atoms with Crippen LogP contribution < -0.4 is 24.3 Å². The first-order valence-electron chi connectivity index (χ1n) is 31.4. The molecule has 0 saturated carbocycles. The SMILES string of the molecule is Cc1cc2c(c(C)c1C)Cc1ccccc1N2C.Cc1cc2c(c(C)c1C)Cc1ccccc1N2C.Cc1cc2c(c(C)c1C)Oc1ccccc1N2C.Cc1cc2c(c(C)c1C)Sc1ccccc1N2C.Cc1cc2nc3ccccc3cc2c(C)c1C. The van der Waals surface area contributed by atoms with Gasteiger partial charge in [-0.1, -0.05) is 90.6 Å². The molecule has 1 aromatic heterocycles. The number of aryl methyl sites for hydroxylation is 6. The molecule has 0 N–H and O–H groups in total. The summed E-state index contributed by atoms with van der Waals surface area (Å²) in [5.74, 6) is 1.91. The van der Waals surface area contributed by atoms with Crippen molar-refractivity contribution in [2.45, 2.75) is 126 Å². The molecule has 0 fully saturated rings. The number of fused-ring (bicyclic) bond motifs is 10. The van der Waals surface area contributed by atoms with E-state index in [9.17, 15) is 0 Å². The van der Waals surface area contributed by atoms with E-state index in [0.29, 0.717) is 0 Å². The Balaban J connectivity index is 0.000000115. The van der Waals surface area contributed by atoms with E-state index in [2.05, 4.69) is 285 Å². The van der Waals surface area contributed by atoms with Gasteiger partial charge in [-0.3, -0.25) is 0 Å². The fourth-order valence-corrected chi connectivity index (χ4v) is 14.5. The number of benzene rings is 10. The Morgan fingerprint density at radius 2 is 0.753 bits per heavy atom. The molecule has 4 aliphatic rings. The first-order chi connectivity index (χ1) is 42.5. The molecule has 0 amide bonds. The van der Waals surface area contributed by atoms with Crippen molar-refractivity contribution in [1.29, 1.82) is 0 Å². The number of aromatic nitrogens is 1. The fraction of sp³-hybridized carbons (Fsp3) is 0.256. The van der Waals surface area contributed by atoms with Gasteiger partial charge in [0.1, 0.15) is 0 Å². The van der Waals surface area contributed by atoms with Crippen LogP contribution in [0.4, 0.5) is 45.5 Å². The highest BCUT2D eigenvalue weighted by molar-refractivity contribution is 7.99. The van der Waals surface area contributed by atoms with Crippen LogP contribution in [0.15, 0.2) is 168 Å². The van der Waals surface area contributed by atoms with E-state index in [1.165, 1.54) is 160 Å². The standard InChI is InChI=1S/2C17H19N.C16H17NO.C16H17NS.C16H15N/c2*1-11-9-17-15(13(3)12(11)2)10-14-7-5-6-8-16(14)18(17)4;2*1-10-9-14-16(12(3)11(10)2)18-15-8-6-5-7-13(15)17(14)4;1-10-8-16-14(12(3)11(10)2)9-13-6-4-5-7-15(13)17-16/h2*5-9H,10H2,1-4H3;2*5-9H,1-4H3;4-9H,1-3H3. The Bertz CT molecular complexity index is 4140. The van der Waals surface area contributed by atoms with E-state index >= 15 is 0 Å². The van der Waals surface area contributed by atoms with Gasteiger partial charge >= 0.3 is 0 Å². The number of anilines is 8. The number of nitrogens with zero attached hydrogens (tertiary/aromatic N) is 5. The molecular weight excluding hydrogens is 1100 g/mol. The lowest BCUT2D eigenvalue weighted by molar-refractivity contribution is 0.471. The molecule has 7 heteroatoms. The average Bonchev–Trinajstić information content (AvgIpc) is 1.09. The van der Waals surface area contributed by atoms with Gasteiger partial charge < -0.3 is 24.3 Å². The third-order valence-electron chi connectivity index (χ3n) is 20.1. The van der Waals surface area contributed by atoms with Crippen molar-refractivity contribution in [3.8, 4) is 11.5 Å². The summed E-state index contributed by atoms with van der Waals surface area (Å²) in [4.78, 5) is 16.7. The van der Waals surface area contributed by atoms with Crippen molar-refractivity contribution in [3.05, 3.63) is 263 Å². The number of para-hydroxylation sites is 6. The van der Waals surface area contributed by atoms with Crippen molar-refractivity contribution in [2.75, 3.05) is 47.8 Å². The Labute approximate surface area is 534 Å². The zero-order chi connectivity index (χ0) is 63.4. The summed E-state index contributed by atoms with van der Waals surface area (Å²) < 4.78 is 6.07. The minimum atomic E-state index is 0.929. The third kappa shape index (κ3) is 11.6. The lowest BCUT2D eigenvalue weighted by atomic mass is 9.88. The molecule has 11 aromatic rings. The summed E-state index contributed by atoms with van der Waals surface area (Å²) in [6, 6.07) is 56.1. The van der Waals surface area contributed by atoms with Crippen LogP contribution in [0.3, 0.4) is 0 Å². The van der Waals surface area contributed by atoms with E-state index < -0.39 is 0 Å². The van der Waals surface area contributed by atoms with Crippen LogP contribution in [0, 0.1) is 104 Å². The molecule has 0 aliphatic carbocycles. The first kappa shape index (κ1) is 61.9. The van der Waals surface area contributed by atoms with E-state index in [0.717, 1.165) is 46.7 Å². The molecule has 0 unspecified atom stereocenters. The fourth-order valence-electron chi connectivity index (χ4n) is 13.2. The van der Waals surface area contributed by atoms with Gasteiger partial charge in [-0.2, -0.15) is 0 Å². The molecule has 4 aliphatic heterocycles. The van der Waals surface area contributed by atoms with Gasteiger partial charge in [0.2, 0.25) is 0 Å². The number of ether oxygens (including phenoxy) is 1. The molecule has 0 spiro atoms. The Kier molecular flexibility index (Phi) is 17.4. The van der Waals surface area contributed by atoms with Crippen LogP contribution in [-0.4, -0.2) is 33.2 Å². The maximum absolute atomic E-state index is 6.07. The zero-order valence-electron chi connectivity index (χ0n) is 56.0. The molecular formula is C82H87N5OS. The van der Waals surface area contributed by atoms with Gasteiger partial charge in [-0.25, -0.2) is 4.98 Å². The van der Waals surface area contributed by atoms with E-state index in [-0.39, 0.29) is 0 Å². The maximum atomic E-state index is 6.07. The first-order valence-corrected chi connectivity index (χ1v) is 32.2. The second kappa shape index (κ2) is 25.0. The van der Waals surface area contributed by atoms with Crippen molar-refractivity contribution in [3.63, 3.8) is 0 Å². The summed E-state index contributed by atoms with van der Waals surface area (Å²) in [7, 11) is 8.59. The topological polar surface area (TPSA) is 35.1 Å². The van der Waals surface area contributed by atoms with Crippen molar-refractivity contribution in [1.82, 2.24) is 4.98 Å². The lowest BCUT2D eigenvalue weighted by Gasteiger charge is -2.32. The van der Waals surface area contributed by atoms with Crippen LogP contribution in [0.5, 0.6) is 11.5 Å². The van der Waals surface area contributed by atoms with Crippen LogP contribution in [0.2, 0.25) is 0 Å². The quantitative estimate of drug-likeness (QED) is 0.140. The molecule has 6 nitrogen and oxygen atoms in total. The zero-order valence-corrected chi connectivity index (χ0v) is 56.8. The van der Waals surface area contributed by atoms with Crippen molar-refractivity contribution < 1.29 is 4.74 Å². The second-order valence-electron chi connectivity index (χ2n) is 25.1. The summed E-state index contributed by atoms with van der Waals surface area (Å²) in [6.07, 6.45) is 2.12. The molecule has 89 heavy (non-hydrogen) atoms. The highest BCUT2D eigenvalue weighted by atomic mass is 32.2. The number of rotatable bonds is 0. The molecule has 10 aromatic carbocycles. The van der Waals surface area contributed by atoms with Gasteiger partial charge in [0.25, 0.3) is 0 Å². The van der Waals surface area contributed by atoms with Crippen LogP contribution in [0.25, 0.3) is 21.8 Å². The summed E-state index contributed by atoms with van der Waals surface area (Å²) in [5, 5.41) is 2.48. The normalized spacial score (nSPS) is 12.8. The molecule has 0 bridgehead atoms. The predicted molar refractivity (Wildman–Crippen MR) is 384 cm³/mol. The number of pyridine rings is 1. The van der Waals surface area contributed by atoms with Crippen LogP contribution in [-0.2, 0) is 12.8 Å². The Morgan fingerprint density at radius 3 is 1.34 bits per heavy atom. The van der Waals surface area contributed by atoms with E-state index in [1.54, 1.807) is 0 Å². The van der Waals surface area contributed by atoms with E-state index in [1.807, 2.05) is 36.0 Å². The van der Waals surface area contributed by atoms with Crippen LogP contribution >= 0.6 is 11.8 Å². The molecule has 0 atom stereocenters. The number of hydrogen-bond donors (Lipinski definition) is 0. The van der Waals surface area contributed by atoms with E-state index in [4.69, 9.17) is 9.72 Å². The molecule has 0 saturated heterocycles. The Morgan fingerprint density at radius 1 is 0.337 bits per heavy atom. The van der Waals surface area contributed by atoms with Gasteiger partial charge in [0.05, 0.1) is 33.8 Å².